The summed E-state index contributed by atoms with van der Waals surface area (Å²) >= 11 is 7.90. The zero-order chi connectivity index (χ0) is 18.0. The van der Waals surface area contributed by atoms with Crippen molar-refractivity contribution in [3.05, 3.63) is 48.0 Å². The number of anilines is 1. The number of halogens is 2. The number of rotatable bonds is 4. The molecule has 0 aliphatic carbocycles. The van der Waals surface area contributed by atoms with Crippen LogP contribution in [0.4, 0.5) is 5.69 Å². The van der Waals surface area contributed by atoms with Crippen LogP contribution in [0.2, 0.25) is 0 Å². The summed E-state index contributed by atoms with van der Waals surface area (Å²) in [5, 5.41) is 2.85. The molecule has 0 aliphatic heterocycles. The fraction of sp³-hybridized carbons (Fsp3) is 0.294. The molecule has 1 N–H and O–H groups in total. The molecule has 0 spiro atoms. The van der Waals surface area contributed by atoms with Crippen molar-refractivity contribution in [2.45, 2.75) is 33.8 Å². The zero-order valence-electron chi connectivity index (χ0n) is 13.7. The molecule has 1 heterocycles. The highest BCUT2D eigenvalue weighted by molar-refractivity contribution is 9.13. The molecule has 2 aromatic rings. The van der Waals surface area contributed by atoms with Gasteiger partial charge in [-0.25, -0.2) is 4.79 Å². The first-order chi connectivity index (χ1) is 11.2. The number of ether oxygens (including phenoxy) is 1. The second-order valence-corrected chi connectivity index (χ2v) is 8.77. The van der Waals surface area contributed by atoms with Crippen molar-refractivity contribution in [3.8, 4) is 0 Å². The van der Waals surface area contributed by atoms with E-state index in [-0.39, 0.29) is 5.91 Å². The van der Waals surface area contributed by atoms with Gasteiger partial charge in [0.25, 0.3) is 5.91 Å². The maximum absolute atomic E-state index is 12.3. The smallest absolute Gasteiger partial charge is 0.349 e. The van der Waals surface area contributed by atoms with E-state index in [1.54, 1.807) is 13.0 Å². The lowest BCUT2D eigenvalue weighted by molar-refractivity contribution is -0.123. The molecule has 4 nitrogen and oxygen atoms in total. The standard InChI is InChI=1S/C17H17Br2NO3S/c1-8-5-9(2)14(10(3)6-8)20-16(21)11(4)23-17(22)13-7-12(18)15(19)24-13/h5-7,11H,1-4H3,(H,20,21)/t11-/m0/s1. The van der Waals surface area contributed by atoms with E-state index in [0.717, 1.165) is 30.6 Å². The highest BCUT2D eigenvalue weighted by Gasteiger charge is 2.22. The van der Waals surface area contributed by atoms with Gasteiger partial charge in [0.15, 0.2) is 6.10 Å². The van der Waals surface area contributed by atoms with Crippen LogP contribution >= 0.6 is 43.2 Å². The number of carbonyl (C=O) groups is 2. The number of benzene rings is 1. The predicted molar refractivity (Wildman–Crippen MR) is 104 cm³/mol. The van der Waals surface area contributed by atoms with Crippen LogP contribution in [-0.2, 0) is 9.53 Å². The van der Waals surface area contributed by atoms with Crippen LogP contribution in [0.3, 0.4) is 0 Å². The van der Waals surface area contributed by atoms with Gasteiger partial charge in [-0.2, -0.15) is 0 Å². The number of hydrogen-bond donors (Lipinski definition) is 1. The van der Waals surface area contributed by atoms with Gasteiger partial charge in [-0.3, -0.25) is 4.79 Å². The minimum atomic E-state index is -0.891. The SMILES string of the molecule is Cc1cc(C)c(NC(=O)[C@H](C)OC(=O)c2cc(Br)c(Br)s2)c(C)c1. The van der Waals surface area contributed by atoms with E-state index < -0.39 is 12.1 Å². The second kappa shape index (κ2) is 7.80. The molecule has 128 valence electrons. The lowest BCUT2D eigenvalue weighted by atomic mass is 10.0. The number of carbonyl (C=O) groups excluding carboxylic acids is 2. The van der Waals surface area contributed by atoms with Gasteiger partial charge in [-0.15, -0.1) is 11.3 Å². The molecule has 0 radical (unpaired) electrons. The van der Waals surface area contributed by atoms with Crippen molar-refractivity contribution in [2.75, 3.05) is 5.32 Å². The average Bonchev–Trinajstić information content (AvgIpc) is 2.82. The lowest BCUT2D eigenvalue weighted by Crippen LogP contribution is -2.30. The molecule has 0 aliphatic rings. The molecule has 0 bridgehead atoms. The number of amides is 1. The number of aryl methyl sites for hydroxylation is 3. The Balaban J connectivity index is 2.06. The third kappa shape index (κ3) is 4.46. The van der Waals surface area contributed by atoms with Gasteiger partial charge >= 0.3 is 5.97 Å². The molecular formula is C17H17Br2NO3S. The largest absolute Gasteiger partial charge is 0.448 e. The molecule has 0 saturated carbocycles. The summed E-state index contributed by atoms with van der Waals surface area (Å²) in [4.78, 5) is 24.9. The number of esters is 1. The lowest BCUT2D eigenvalue weighted by Gasteiger charge is -2.16. The summed E-state index contributed by atoms with van der Waals surface area (Å²) in [6.07, 6.45) is -0.891. The number of nitrogens with one attached hydrogen (secondary N) is 1. The molecule has 24 heavy (non-hydrogen) atoms. The fourth-order valence-corrected chi connectivity index (χ4v) is 4.24. The molecule has 1 atom stereocenters. The van der Waals surface area contributed by atoms with Crippen molar-refractivity contribution in [1.82, 2.24) is 0 Å². The minimum absolute atomic E-state index is 0.354. The zero-order valence-corrected chi connectivity index (χ0v) is 17.7. The predicted octanol–water partition coefficient (Wildman–Crippen LogP) is 5.38. The Hall–Kier alpha value is -1.18. The quantitative estimate of drug-likeness (QED) is 0.605. The van der Waals surface area contributed by atoms with Crippen LogP contribution in [0.1, 0.15) is 33.3 Å². The summed E-state index contributed by atoms with van der Waals surface area (Å²) in [5.41, 5.74) is 3.85. The molecular weight excluding hydrogens is 458 g/mol. The van der Waals surface area contributed by atoms with Crippen LogP contribution in [-0.4, -0.2) is 18.0 Å². The maximum Gasteiger partial charge on any atom is 0.349 e. The highest BCUT2D eigenvalue weighted by Crippen LogP contribution is 2.33. The maximum atomic E-state index is 12.3. The first-order valence-corrected chi connectivity index (χ1v) is 9.63. The van der Waals surface area contributed by atoms with Crippen LogP contribution in [0.25, 0.3) is 0 Å². The Bertz CT molecular complexity index is 759. The molecule has 2 rings (SSSR count). The molecule has 1 aromatic heterocycles. The van der Waals surface area contributed by atoms with Crippen molar-refractivity contribution in [1.29, 1.82) is 0 Å². The Morgan fingerprint density at radius 3 is 2.21 bits per heavy atom. The molecule has 0 unspecified atom stereocenters. The van der Waals surface area contributed by atoms with E-state index in [1.807, 2.05) is 32.9 Å². The van der Waals surface area contributed by atoms with Crippen molar-refractivity contribution < 1.29 is 14.3 Å². The molecule has 1 amide bonds. The molecule has 1 aromatic carbocycles. The molecule has 7 heteroatoms. The van der Waals surface area contributed by atoms with Gasteiger partial charge in [0.1, 0.15) is 4.88 Å². The molecule has 0 saturated heterocycles. The van der Waals surface area contributed by atoms with Gasteiger partial charge in [0.2, 0.25) is 0 Å². The second-order valence-electron chi connectivity index (χ2n) is 5.54. The van der Waals surface area contributed by atoms with Gasteiger partial charge < -0.3 is 10.1 Å². The third-order valence-corrected chi connectivity index (χ3v) is 6.66. The van der Waals surface area contributed by atoms with Crippen LogP contribution < -0.4 is 5.32 Å². The Kier molecular flexibility index (Phi) is 6.22. The van der Waals surface area contributed by atoms with E-state index in [1.165, 1.54) is 11.3 Å². The third-order valence-electron chi connectivity index (χ3n) is 3.42. The summed E-state index contributed by atoms with van der Waals surface area (Å²) in [7, 11) is 0. The first kappa shape index (κ1) is 19.1. The van der Waals surface area contributed by atoms with Crippen molar-refractivity contribution in [3.63, 3.8) is 0 Å². The van der Waals surface area contributed by atoms with Gasteiger partial charge in [-0.05, 0) is 76.7 Å². The first-order valence-electron chi connectivity index (χ1n) is 7.23. The van der Waals surface area contributed by atoms with Crippen molar-refractivity contribution >= 4 is 60.8 Å². The normalized spacial score (nSPS) is 11.9. The Morgan fingerprint density at radius 2 is 1.71 bits per heavy atom. The van der Waals surface area contributed by atoms with Gasteiger partial charge in [0, 0.05) is 10.2 Å². The number of hydrogen-bond acceptors (Lipinski definition) is 4. The summed E-state index contributed by atoms with van der Waals surface area (Å²) in [6, 6.07) is 5.66. The Labute approximate surface area is 161 Å². The average molecular weight is 475 g/mol. The van der Waals surface area contributed by atoms with E-state index in [2.05, 4.69) is 37.2 Å². The summed E-state index contributed by atoms with van der Waals surface area (Å²) < 4.78 is 6.84. The van der Waals surface area contributed by atoms with E-state index in [9.17, 15) is 9.59 Å². The van der Waals surface area contributed by atoms with Crippen LogP contribution in [0, 0.1) is 20.8 Å². The van der Waals surface area contributed by atoms with Crippen LogP contribution in [0.5, 0.6) is 0 Å². The van der Waals surface area contributed by atoms with E-state index >= 15 is 0 Å². The monoisotopic (exact) mass is 473 g/mol. The number of thiophene rings is 1. The van der Waals surface area contributed by atoms with Gasteiger partial charge in [-0.1, -0.05) is 17.7 Å². The minimum Gasteiger partial charge on any atom is -0.448 e. The van der Waals surface area contributed by atoms with E-state index in [4.69, 9.17) is 4.74 Å². The summed E-state index contributed by atoms with van der Waals surface area (Å²) in [5.74, 6) is -0.875. The Morgan fingerprint density at radius 1 is 1.12 bits per heavy atom. The van der Waals surface area contributed by atoms with Crippen molar-refractivity contribution in [2.24, 2.45) is 0 Å². The molecule has 0 fully saturated rings. The fourth-order valence-electron chi connectivity index (χ4n) is 2.32. The van der Waals surface area contributed by atoms with Crippen LogP contribution in [0.15, 0.2) is 26.5 Å². The van der Waals surface area contributed by atoms with Gasteiger partial charge in [0.05, 0.1) is 3.79 Å². The highest BCUT2D eigenvalue weighted by atomic mass is 79.9. The van der Waals surface area contributed by atoms with E-state index in [0.29, 0.717) is 4.88 Å². The topological polar surface area (TPSA) is 55.4 Å². The summed E-state index contributed by atoms with van der Waals surface area (Å²) in [6.45, 7) is 7.44.